The average Bonchev–Trinajstić information content (AvgIpc) is 2.78. The van der Waals surface area contributed by atoms with Gasteiger partial charge in [0.15, 0.2) is 0 Å². The first-order chi connectivity index (χ1) is 8.74. The number of hydrogen-bond acceptors (Lipinski definition) is 2. The van der Waals surface area contributed by atoms with Gasteiger partial charge in [0.1, 0.15) is 0 Å². The van der Waals surface area contributed by atoms with Gasteiger partial charge in [-0.05, 0) is 37.3 Å². The van der Waals surface area contributed by atoms with Gasteiger partial charge in [-0.15, -0.1) is 0 Å². The summed E-state index contributed by atoms with van der Waals surface area (Å²) in [7, 11) is 0. The van der Waals surface area contributed by atoms with Crippen LogP contribution in [0.3, 0.4) is 0 Å². The van der Waals surface area contributed by atoms with E-state index in [9.17, 15) is 4.79 Å². The smallest absolute Gasteiger partial charge is 0.303 e. The van der Waals surface area contributed by atoms with Gasteiger partial charge in [-0.2, -0.15) is 0 Å². The van der Waals surface area contributed by atoms with Crippen molar-refractivity contribution in [3.8, 4) is 0 Å². The molecule has 0 aliphatic carbocycles. The monoisotopic (exact) mass is 247 g/mol. The number of likely N-dealkylation sites (tertiary alicyclic amines) is 1. The standard InChI is InChI=1S/C15H21NO2/c17-15(18)8-4-7-14-9-10-16(12-14)11-13-5-2-1-3-6-13/h1-3,5-6,14H,4,7-12H2,(H,17,18). The molecule has 1 unspecified atom stereocenters. The maximum Gasteiger partial charge on any atom is 0.303 e. The van der Waals surface area contributed by atoms with E-state index in [4.69, 9.17) is 5.11 Å². The van der Waals surface area contributed by atoms with Gasteiger partial charge in [-0.25, -0.2) is 0 Å². The zero-order chi connectivity index (χ0) is 12.8. The normalized spacial score (nSPS) is 20.1. The van der Waals surface area contributed by atoms with E-state index in [2.05, 4.69) is 29.2 Å². The average molecular weight is 247 g/mol. The summed E-state index contributed by atoms with van der Waals surface area (Å²) in [5, 5.41) is 8.62. The number of carboxylic acid groups (broad SMARTS) is 1. The Hall–Kier alpha value is -1.35. The molecule has 1 N–H and O–H groups in total. The number of carbonyl (C=O) groups is 1. The third kappa shape index (κ3) is 4.15. The highest BCUT2D eigenvalue weighted by molar-refractivity contribution is 5.66. The largest absolute Gasteiger partial charge is 0.481 e. The maximum absolute atomic E-state index is 10.5. The number of benzene rings is 1. The van der Waals surface area contributed by atoms with Gasteiger partial charge in [-0.1, -0.05) is 30.3 Å². The third-order valence-corrected chi connectivity index (χ3v) is 3.62. The lowest BCUT2D eigenvalue weighted by Crippen LogP contribution is -2.20. The summed E-state index contributed by atoms with van der Waals surface area (Å²) in [4.78, 5) is 12.9. The van der Waals surface area contributed by atoms with Crippen LogP contribution in [0.2, 0.25) is 0 Å². The molecule has 0 bridgehead atoms. The molecule has 1 fully saturated rings. The lowest BCUT2D eigenvalue weighted by Gasteiger charge is -2.15. The summed E-state index contributed by atoms with van der Waals surface area (Å²) < 4.78 is 0. The predicted molar refractivity (Wildman–Crippen MR) is 71.3 cm³/mol. The Kier molecular flexibility index (Phi) is 4.76. The molecule has 1 aliphatic rings. The molecular formula is C15H21NO2. The molecule has 3 nitrogen and oxygen atoms in total. The lowest BCUT2D eigenvalue weighted by atomic mass is 10.0. The van der Waals surface area contributed by atoms with E-state index in [0.29, 0.717) is 12.3 Å². The fraction of sp³-hybridized carbons (Fsp3) is 0.533. The number of carboxylic acids is 1. The van der Waals surface area contributed by atoms with E-state index in [1.165, 1.54) is 12.0 Å². The fourth-order valence-corrected chi connectivity index (χ4v) is 2.68. The Morgan fingerprint density at radius 2 is 2.11 bits per heavy atom. The molecule has 1 aromatic rings. The van der Waals surface area contributed by atoms with Crippen LogP contribution < -0.4 is 0 Å². The molecule has 1 heterocycles. The molecule has 0 saturated carbocycles. The van der Waals surface area contributed by atoms with E-state index >= 15 is 0 Å². The molecule has 98 valence electrons. The first-order valence-electron chi connectivity index (χ1n) is 6.72. The van der Waals surface area contributed by atoms with Crippen LogP contribution in [0, 0.1) is 5.92 Å². The summed E-state index contributed by atoms with van der Waals surface area (Å²) >= 11 is 0. The summed E-state index contributed by atoms with van der Waals surface area (Å²) in [5.74, 6) is 0.0159. The highest BCUT2D eigenvalue weighted by Gasteiger charge is 2.22. The second-order valence-electron chi connectivity index (χ2n) is 5.16. The number of rotatable bonds is 6. The van der Waals surface area contributed by atoms with Gasteiger partial charge < -0.3 is 5.11 Å². The van der Waals surface area contributed by atoms with Gasteiger partial charge in [0.2, 0.25) is 0 Å². The molecule has 1 aromatic carbocycles. The van der Waals surface area contributed by atoms with Crippen molar-refractivity contribution in [1.29, 1.82) is 0 Å². The van der Waals surface area contributed by atoms with Crippen molar-refractivity contribution in [2.45, 2.75) is 32.2 Å². The van der Waals surface area contributed by atoms with Crippen molar-refractivity contribution in [3.63, 3.8) is 0 Å². The summed E-state index contributed by atoms with van der Waals surface area (Å²) in [6, 6.07) is 10.5. The van der Waals surface area contributed by atoms with Crippen LogP contribution in [-0.4, -0.2) is 29.1 Å². The van der Waals surface area contributed by atoms with Crippen molar-refractivity contribution in [1.82, 2.24) is 4.90 Å². The van der Waals surface area contributed by atoms with Crippen molar-refractivity contribution < 1.29 is 9.90 Å². The summed E-state index contributed by atoms with van der Waals surface area (Å²) in [6.07, 6.45) is 3.40. The fourth-order valence-electron chi connectivity index (χ4n) is 2.68. The highest BCUT2D eigenvalue weighted by atomic mass is 16.4. The third-order valence-electron chi connectivity index (χ3n) is 3.62. The minimum atomic E-state index is -0.672. The van der Waals surface area contributed by atoms with Gasteiger partial charge in [0.05, 0.1) is 0 Å². The summed E-state index contributed by atoms with van der Waals surface area (Å²) in [5.41, 5.74) is 1.36. The van der Waals surface area contributed by atoms with Gasteiger partial charge in [0, 0.05) is 19.5 Å². The van der Waals surface area contributed by atoms with Crippen molar-refractivity contribution in [2.75, 3.05) is 13.1 Å². The molecule has 1 atom stereocenters. The topological polar surface area (TPSA) is 40.5 Å². The van der Waals surface area contributed by atoms with Crippen LogP contribution in [0.1, 0.15) is 31.2 Å². The van der Waals surface area contributed by atoms with Crippen LogP contribution >= 0.6 is 0 Å². The lowest BCUT2D eigenvalue weighted by molar-refractivity contribution is -0.137. The Morgan fingerprint density at radius 1 is 1.33 bits per heavy atom. The molecule has 0 radical (unpaired) electrons. The molecule has 0 amide bonds. The van der Waals surface area contributed by atoms with E-state index in [1.807, 2.05) is 6.07 Å². The SMILES string of the molecule is O=C(O)CCCC1CCN(Cc2ccccc2)C1. The molecule has 0 aromatic heterocycles. The Labute approximate surface area is 108 Å². The van der Waals surface area contributed by atoms with Crippen molar-refractivity contribution >= 4 is 5.97 Å². The van der Waals surface area contributed by atoms with E-state index in [1.54, 1.807) is 0 Å². The molecule has 2 rings (SSSR count). The van der Waals surface area contributed by atoms with E-state index in [-0.39, 0.29) is 0 Å². The van der Waals surface area contributed by atoms with Gasteiger partial charge >= 0.3 is 5.97 Å². The molecule has 1 aliphatic heterocycles. The molecule has 0 spiro atoms. The minimum absolute atomic E-state index is 0.315. The molecule has 18 heavy (non-hydrogen) atoms. The molecular weight excluding hydrogens is 226 g/mol. The van der Waals surface area contributed by atoms with Crippen molar-refractivity contribution in [2.24, 2.45) is 5.92 Å². The first-order valence-corrected chi connectivity index (χ1v) is 6.72. The Bertz CT molecular complexity index is 377. The number of nitrogens with zero attached hydrogens (tertiary/aromatic N) is 1. The van der Waals surface area contributed by atoms with E-state index < -0.39 is 5.97 Å². The predicted octanol–water partition coefficient (Wildman–Crippen LogP) is 2.76. The van der Waals surface area contributed by atoms with E-state index in [0.717, 1.165) is 32.5 Å². The second-order valence-corrected chi connectivity index (χ2v) is 5.16. The highest BCUT2D eigenvalue weighted by Crippen LogP contribution is 2.23. The minimum Gasteiger partial charge on any atom is -0.481 e. The Balaban J connectivity index is 1.70. The van der Waals surface area contributed by atoms with Gasteiger partial charge in [-0.3, -0.25) is 9.69 Å². The second kappa shape index (κ2) is 6.55. The number of aliphatic carboxylic acids is 1. The molecule has 3 heteroatoms. The number of hydrogen-bond donors (Lipinski definition) is 1. The van der Waals surface area contributed by atoms with Gasteiger partial charge in [0.25, 0.3) is 0 Å². The quantitative estimate of drug-likeness (QED) is 0.840. The van der Waals surface area contributed by atoms with Crippen LogP contribution in [0.5, 0.6) is 0 Å². The first kappa shape index (κ1) is 13.1. The van der Waals surface area contributed by atoms with Crippen LogP contribution in [0.25, 0.3) is 0 Å². The summed E-state index contributed by atoms with van der Waals surface area (Å²) in [6.45, 7) is 3.29. The van der Waals surface area contributed by atoms with Crippen LogP contribution in [0.15, 0.2) is 30.3 Å². The van der Waals surface area contributed by atoms with Crippen LogP contribution in [-0.2, 0) is 11.3 Å². The van der Waals surface area contributed by atoms with Crippen molar-refractivity contribution in [3.05, 3.63) is 35.9 Å². The Morgan fingerprint density at radius 3 is 2.83 bits per heavy atom. The molecule has 1 saturated heterocycles. The zero-order valence-corrected chi connectivity index (χ0v) is 10.7. The van der Waals surface area contributed by atoms with Crippen LogP contribution in [0.4, 0.5) is 0 Å². The maximum atomic E-state index is 10.5. The zero-order valence-electron chi connectivity index (χ0n) is 10.7.